The Hall–Kier alpha value is -3.06. The summed E-state index contributed by atoms with van der Waals surface area (Å²) in [5.74, 6) is 0.709. The van der Waals surface area contributed by atoms with Crippen molar-refractivity contribution in [3.63, 3.8) is 0 Å². The molecule has 1 aromatic carbocycles. The Morgan fingerprint density at radius 3 is 2.85 bits per heavy atom. The van der Waals surface area contributed by atoms with E-state index in [4.69, 9.17) is 4.98 Å². The summed E-state index contributed by atoms with van der Waals surface area (Å²) < 4.78 is 0. The van der Waals surface area contributed by atoms with E-state index < -0.39 is 5.97 Å². The zero-order chi connectivity index (χ0) is 22.6. The molecule has 1 saturated carbocycles. The highest BCUT2D eigenvalue weighted by molar-refractivity contribution is 5.75. The minimum atomic E-state index is -0.748. The number of rotatable bonds is 9. The van der Waals surface area contributed by atoms with Crippen molar-refractivity contribution in [1.29, 1.82) is 0 Å². The van der Waals surface area contributed by atoms with Gasteiger partial charge in [-0.05, 0) is 86.2 Å². The van der Waals surface area contributed by atoms with Gasteiger partial charge in [-0.2, -0.15) is 0 Å². The highest BCUT2D eigenvalue weighted by Crippen LogP contribution is 2.42. The maximum Gasteiger partial charge on any atom is 0.303 e. The number of aliphatic carboxylic acids is 1. The van der Waals surface area contributed by atoms with E-state index in [1.54, 1.807) is 12.4 Å². The lowest BCUT2D eigenvalue weighted by molar-refractivity contribution is -0.138. The summed E-state index contributed by atoms with van der Waals surface area (Å²) in [5, 5.41) is 16.6. The smallest absolute Gasteiger partial charge is 0.303 e. The van der Waals surface area contributed by atoms with Crippen LogP contribution in [0.2, 0.25) is 0 Å². The first-order chi connectivity index (χ1) is 16.2. The summed E-state index contributed by atoms with van der Waals surface area (Å²) in [6, 6.07) is 10.8. The maximum absolute atomic E-state index is 11.6. The van der Waals surface area contributed by atoms with E-state index in [0.29, 0.717) is 12.0 Å². The highest BCUT2D eigenvalue weighted by atomic mass is 16.4. The Bertz CT molecular complexity index is 1130. The minimum Gasteiger partial charge on any atom is -0.481 e. The molecule has 1 atom stereocenters. The summed E-state index contributed by atoms with van der Waals surface area (Å²) >= 11 is 0. The molecule has 7 nitrogen and oxygen atoms in total. The van der Waals surface area contributed by atoms with Crippen molar-refractivity contribution >= 4 is 22.8 Å². The topological polar surface area (TPSA) is 100 Å². The van der Waals surface area contributed by atoms with E-state index in [1.165, 1.54) is 12.0 Å². The van der Waals surface area contributed by atoms with Crippen LogP contribution < -0.4 is 10.6 Å². The van der Waals surface area contributed by atoms with Crippen molar-refractivity contribution in [3.8, 4) is 0 Å². The fourth-order valence-corrected chi connectivity index (χ4v) is 5.20. The maximum atomic E-state index is 11.6. The average molecular weight is 446 g/mol. The number of anilines is 1. The van der Waals surface area contributed by atoms with Crippen molar-refractivity contribution in [3.05, 3.63) is 59.5 Å². The van der Waals surface area contributed by atoms with Crippen molar-refractivity contribution in [1.82, 2.24) is 20.3 Å². The number of fused-ring (bicyclic) bond motifs is 2. The molecule has 1 aliphatic carbocycles. The molecule has 1 aliphatic heterocycles. The molecule has 3 heterocycles. The second-order valence-electron chi connectivity index (χ2n) is 9.34. The summed E-state index contributed by atoms with van der Waals surface area (Å²) in [6.07, 6.45) is 9.86. The molecule has 0 bridgehead atoms. The van der Waals surface area contributed by atoms with Crippen LogP contribution in [0.25, 0.3) is 11.0 Å². The largest absolute Gasteiger partial charge is 0.481 e. The lowest BCUT2D eigenvalue weighted by Gasteiger charge is -2.41. The third-order valence-electron chi connectivity index (χ3n) is 7.05. The van der Waals surface area contributed by atoms with Crippen LogP contribution in [0.4, 0.5) is 5.82 Å². The summed E-state index contributed by atoms with van der Waals surface area (Å²) in [7, 11) is 0. The van der Waals surface area contributed by atoms with Gasteiger partial charge in [-0.1, -0.05) is 12.1 Å². The first-order valence-corrected chi connectivity index (χ1v) is 12.0. The first-order valence-electron chi connectivity index (χ1n) is 12.0. The van der Waals surface area contributed by atoms with Crippen LogP contribution in [0, 0.1) is 5.92 Å². The average Bonchev–Trinajstić information content (AvgIpc) is 2.81. The van der Waals surface area contributed by atoms with Gasteiger partial charge in [0.05, 0.1) is 17.5 Å². The number of pyridine rings is 1. The third-order valence-corrected chi connectivity index (χ3v) is 7.05. The highest BCUT2D eigenvalue weighted by Gasteiger charge is 2.36. The first kappa shape index (κ1) is 21.8. The van der Waals surface area contributed by atoms with Gasteiger partial charge in [0.1, 0.15) is 5.82 Å². The molecular formula is C26H31N5O2. The predicted molar refractivity (Wildman–Crippen MR) is 128 cm³/mol. The molecule has 1 unspecified atom stereocenters. The Labute approximate surface area is 194 Å². The van der Waals surface area contributed by atoms with Crippen molar-refractivity contribution in [2.75, 3.05) is 18.4 Å². The monoisotopic (exact) mass is 445 g/mol. The van der Waals surface area contributed by atoms with Gasteiger partial charge >= 0.3 is 5.97 Å². The number of benzene rings is 1. The van der Waals surface area contributed by atoms with Gasteiger partial charge in [0.2, 0.25) is 0 Å². The number of carboxylic acid groups (broad SMARTS) is 1. The molecule has 3 N–H and O–H groups in total. The molecule has 0 saturated heterocycles. The molecule has 3 aromatic rings. The summed E-state index contributed by atoms with van der Waals surface area (Å²) in [4.78, 5) is 25.0. The second kappa shape index (κ2) is 9.83. The molecule has 5 rings (SSSR count). The van der Waals surface area contributed by atoms with Crippen LogP contribution in [0.3, 0.4) is 0 Å². The van der Waals surface area contributed by atoms with Crippen LogP contribution in [-0.2, 0) is 17.6 Å². The number of hydrogen-bond acceptors (Lipinski definition) is 6. The fourth-order valence-electron chi connectivity index (χ4n) is 5.20. The SMILES string of the molecule is O=C(O)CC(c1ccc2nccnc2c1)C1CC(NCCCc2ccc3c(n2)NCCC3)C1. The van der Waals surface area contributed by atoms with Crippen LogP contribution >= 0.6 is 0 Å². The number of nitrogens with one attached hydrogen (secondary N) is 2. The van der Waals surface area contributed by atoms with E-state index in [9.17, 15) is 9.90 Å². The quantitative estimate of drug-likeness (QED) is 0.429. The van der Waals surface area contributed by atoms with E-state index in [-0.39, 0.29) is 12.3 Å². The number of nitrogens with zero attached hydrogens (tertiary/aromatic N) is 3. The number of aromatic nitrogens is 3. The number of carbonyl (C=O) groups is 1. The zero-order valence-electron chi connectivity index (χ0n) is 18.8. The Kier molecular flexibility index (Phi) is 6.48. The lowest BCUT2D eigenvalue weighted by atomic mass is 9.69. The van der Waals surface area contributed by atoms with Crippen LogP contribution in [-0.4, -0.2) is 45.2 Å². The van der Waals surface area contributed by atoms with Crippen molar-refractivity contribution in [2.24, 2.45) is 5.92 Å². The number of aryl methyl sites for hydroxylation is 2. The van der Waals surface area contributed by atoms with Gasteiger partial charge in [0.25, 0.3) is 0 Å². The fraction of sp³-hybridized carbons (Fsp3) is 0.462. The Morgan fingerprint density at radius 2 is 2.00 bits per heavy atom. The molecule has 2 aliphatic rings. The molecule has 2 aromatic heterocycles. The lowest BCUT2D eigenvalue weighted by Crippen LogP contribution is -2.44. The Morgan fingerprint density at radius 1 is 1.15 bits per heavy atom. The van der Waals surface area contributed by atoms with Gasteiger partial charge in [-0.15, -0.1) is 0 Å². The van der Waals surface area contributed by atoms with E-state index in [2.05, 4.69) is 32.7 Å². The number of hydrogen-bond donors (Lipinski definition) is 3. The Balaban J connectivity index is 1.12. The van der Waals surface area contributed by atoms with Crippen LogP contribution in [0.15, 0.2) is 42.7 Å². The van der Waals surface area contributed by atoms with Gasteiger partial charge in [0.15, 0.2) is 0 Å². The molecule has 0 radical (unpaired) electrons. The molecule has 0 spiro atoms. The van der Waals surface area contributed by atoms with Crippen molar-refractivity contribution in [2.45, 2.75) is 56.9 Å². The molecular weight excluding hydrogens is 414 g/mol. The normalized spacial score (nSPS) is 20.5. The van der Waals surface area contributed by atoms with Gasteiger partial charge in [-0.3, -0.25) is 14.8 Å². The van der Waals surface area contributed by atoms with E-state index >= 15 is 0 Å². The minimum absolute atomic E-state index is 0.0131. The molecule has 7 heteroatoms. The van der Waals surface area contributed by atoms with Gasteiger partial charge in [-0.25, -0.2) is 4.98 Å². The molecule has 0 amide bonds. The van der Waals surface area contributed by atoms with Gasteiger partial charge in [0, 0.05) is 30.7 Å². The summed E-state index contributed by atoms with van der Waals surface area (Å²) in [6.45, 7) is 1.97. The van der Waals surface area contributed by atoms with Crippen LogP contribution in [0.5, 0.6) is 0 Å². The summed E-state index contributed by atoms with van der Waals surface area (Å²) in [5.41, 5.74) is 5.20. The zero-order valence-corrected chi connectivity index (χ0v) is 18.8. The van der Waals surface area contributed by atoms with E-state index in [0.717, 1.165) is 73.3 Å². The molecule has 33 heavy (non-hydrogen) atoms. The van der Waals surface area contributed by atoms with Crippen molar-refractivity contribution < 1.29 is 9.90 Å². The molecule has 172 valence electrons. The predicted octanol–water partition coefficient (Wildman–Crippen LogP) is 3.94. The molecule has 1 fully saturated rings. The number of carboxylic acids is 1. The standard InChI is InChI=1S/C26H31N5O2/c32-25(33)16-22(18-6-8-23-24(15-18)29-12-11-28-23)19-13-21(14-19)27-9-2-4-20-7-5-17-3-1-10-30-26(17)31-20/h5-8,11-12,15,19,21-22,27H,1-4,9-10,13-14,16H2,(H,30,31)(H,32,33). The van der Waals surface area contributed by atoms with E-state index in [1.807, 2.05) is 18.2 Å². The second-order valence-corrected chi connectivity index (χ2v) is 9.34. The van der Waals surface area contributed by atoms with Gasteiger partial charge < -0.3 is 15.7 Å². The van der Waals surface area contributed by atoms with Crippen LogP contribution in [0.1, 0.15) is 54.8 Å². The third kappa shape index (κ3) is 5.14.